The summed E-state index contributed by atoms with van der Waals surface area (Å²) in [5, 5.41) is 0. The number of fused-ring (bicyclic) bond motifs is 1. The van der Waals surface area contributed by atoms with Gasteiger partial charge in [0.25, 0.3) is 0 Å². The molecule has 1 saturated heterocycles. The highest BCUT2D eigenvalue weighted by molar-refractivity contribution is 5.92. The van der Waals surface area contributed by atoms with Crippen LogP contribution in [0.3, 0.4) is 0 Å². The summed E-state index contributed by atoms with van der Waals surface area (Å²) in [6.07, 6.45) is 0.568. The van der Waals surface area contributed by atoms with Gasteiger partial charge in [0.2, 0.25) is 11.8 Å². The lowest BCUT2D eigenvalue weighted by Crippen LogP contribution is -2.36. The Morgan fingerprint density at radius 1 is 1.16 bits per heavy atom. The molecule has 0 radical (unpaired) electrons. The molecule has 8 heteroatoms. The van der Waals surface area contributed by atoms with Crippen molar-refractivity contribution in [3.05, 3.63) is 64.7 Å². The van der Waals surface area contributed by atoms with Crippen molar-refractivity contribution in [2.75, 3.05) is 19.7 Å². The smallest absolute Gasteiger partial charge is 0.237 e. The topological polar surface area (TPSA) is 89.7 Å². The number of Topliss-reactive ketones (excluding diaryl/α,β-unsaturated/α-hetero) is 1. The molecule has 2 amide bonds. The average molecular weight is 428 g/mol. The lowest BCUT2D eigenvalue weighted by molar-refractivity contribution is -0.136. The fraction of sp³-hybridized carbons (Fsp3) is 0.348. The maximum absolute atomic E-state index is 14.9. The number of carbonyl (C=O) groups excluding carboxylic acids is 3. The molecule has 2 heterocycles. The summed E-state index contributed by atoms with van der Waals surface area (Å²) >= 11 is 0. The van der Waals surface area contributed by atoms with Crippen molar-refractivity contribution in [3.8, 4) is 5.75 Å². The minimum atomic E-state index is -0.804. The van der Waals surface area contributed by atoms with Gasteiger partial charge < -0.3 is 15.4 Å². The maximum Gasteiger partial charge on any atom is 0.237 e. The van der Waals surface area contributed by atoms with Gasteiger partial charge in [0.05, 0.1) is 19.1 Å². The van der Waals surface area contributed by atoms with E-state index in [1.807, 2.05) is 0 Å². The summed E-state index contributed by atoms with van der Waals surface area (Å²) in [4.78, 5) is 38.4. The monoisotopic (exact) mass is 428 g/mol. The summed E-state index contributed by atoms with van der Waals surface area (Å²) in [5.74, 6) is -3.10. The van der Waals surface area contributed by atoms with Gasteiger partial charge in [-0.1, -0.05) is 12.1 Å². The van der Waals surface area contributed by atoms with Gasteiger partial charge in [0.15, 0.2) is 0 Å². The molecule has 1 fully saturated rings. The summed E-state index contributed by atoms with van der Waals surface area (Å²) in [7, 11) is 0. The maximum atomic E-state index is 14.9. The Bertz CT molecular complexity index is 1040. The molecule has 0 spiro atoms. The first kappa shape index (κ1) is 21.0. The Balaban J connectivity index is 1.59. The van der Waals surface area contributed by atoms with E-state index >= 15 is 0 Å². The molecular formula is C23H22F2N2O4. The molecule has 0 aromatic heterocycles. The molecule has 0 aliphatic carbocycles. The Kier molecular flexibility index (Phi) is 5.71. The molecule has 2 aliphatic rings. The van der Waals surface area contributed by atoms with Crippen LogP contribution >= 0.6 is 0 Å². The van der Waals surface area contributed by atoms with Crippen LogP contribution in [0.5, 0.6) is 5.75 Å². The van der Waals surface area contributed by atoms with Gasteiger partial charge in [-0.3, -0.25) is 14.4 Å². The van der Waals surface area contributed by atoms with Gasteiger partial charge in [-0.15, -0.1) is 0 Å². The summed E-state index contributed by atoms with van der Waals surface area (Å²) in [6.45, 7) is 0.287. The van der Waals surface area contributed by atoms with E-state index in [1.165, 1.54) is 35.2 Å². The number of primary amides is 1. The normalized spacial score (nSPS) is 19.9. The minimum absolute atomic E-state index is 0.0348. The van der Waals surface area contributed by atoms with Crippen LogP contribution in [0.15, 0.2) is 36.4 Å². The Labute approximate surface area is 178 Å². The van der Waals surface area contributed by atoms with Crippen LogP contribution in [-0.2, 0) is 27.2 Å². The Hall–Kier alpha value is -3.29. The summed E-state index contributed by atoms with van der Waals surface area (Å²) in [5.41, 5.74) is 7.08. The molecule has 6 nitrogen and oxygen atoms in total. The number of halogens is 2. The number of hydrogen-bond donors (Lipinski definition) is 1. The van der Waals surface area contributed by atoms with Crippen LogP contribution in [-0.4, -0.2) is 42.2 Å². The van der Waals surface area contributed by atoms with E-state index in [2.05, 4.69) is 0 Å². The second-order valence-electron chi connectivity index (χ2n) is 8.02. The molecule has 2 aromatic carbocycles. The lowest BCUT2D eigenvalue weighted by Gasteiger charge is -2.18. The highest BCUT2D eigenvalue weighted by atomic mass is 19.1. The largest absolute Gasteiger partial charge is 0.493 e. The predicted molar refractivity (Wildman–Crippen MR) is 107 cm³/mol. The van der Waals surface area contributed by atoms with E-state index in [1.54, 1.807) is 6.07 Å². The quantitative estimate of drug-likeness (QED) is 0.732. The summed E-state index contributed by atoms with van der Waals surface area (Å²) < 4.78 is 33.4. The number of nitrogens with two attached hydrogens (primary N) is 1. The van der Waals surface area contributed by atoms with E-state index < -0.39 is 35.3 Å². The van der Waals surface area contributed by atoms with E-state index in [-0.39, 0.29) is 31.7 Å². The third kappa shape index (κ3) is 4.42. The molecule has 0 unspecified atom stereocenters. The van der Waals surface area contributed by atoms with E-state index in [0.29, 0.717) is 29.9 Å². The first-order valence-electron chi connectivity index (χ1n) is 10.1. The van der Waals surface area contributed by atoms with E-state index in [4.69, 9.17) is 10.5 Å². The fourth-order valence-electron chi connectivity index (χ4n) is 4.39. The van der Waals surface area contributed by atoms with Crippen LogP contribution in [0.2, 0.25) is 0 Å². The first-order chi connectivity index (χ1) is 14.8. The van der Waals surface area contributed by atoms with Gasteiger partial charge >= 0.3 is 0 Å². The van der Waals surface area contributed by atoms with Gasteiger partial charge in [-0.2, -0.15) is 0 Å². The van der Waals surface area contributed by atoms with Gasteiger partial charge in [-0.05, 0) is 34.9 Å². The molecule has 162 valence electrons. The molecule has 2 aliphatic heterocycles. The van der Waals surface area contributed by atoms with Crippen molar-refractivity contribution in [1.82, 2.24) is 4.90 Å². The second kappa shape index (κ2) is 8.45. The Morgan fingerprint density at radius 3 is 2.61 bits per heavy atom. The number of hydrogen-bond acceptors (Lipinski definition) is 4. The number of nitrogens with zero attached hydrogens (tertiary/aromatic N) is 1. The third-order valence-electron chi connectivity index (χ3n) is 5.85. The van der Waals surface area contributed by atoms with Crippen LogP contribution in [0.25, 0.3) is 0 Å². The van der Waals surface area contributed by atoms with Crippen molar-refractivity contribution in [1.29, 1.82) is 0 Å². The van der Waals surface area contributed by atoms with Crippen LogP contribution in [0.4, 0.5) is 8.78 Å². The number of rotatable bonds is 7. The molecular weight excluding hydrogens is 406 g/mol. The molecule has 2 N–H and O–H groups in total. The number of carbonyl (C=O) groups is 3. The number of likely N-dealkylation sites (tertiary alicyclic amines) is 1. The van der Waals surface area contributed by atoms with E-state index in [0.717, 1.165) is 5.56 Å². The Morgan fingerprint density at radius 2 is 1.90 bits per heavy atom. The highest BCUT2D eigenvalue weighted by Crippen LogP contribution is 2.40. The van der Waals surface area contributed by atoms with Crippen LogP contribution in [0.1, 0.15) is 29.0 Å². The molecule has 31 heavy (non-hydrogen) atoms. The van der Waals surface area contributed by atoms with Gasteiger partial charge in [-0.25, -0.2) is 8.78 Å². The molecule has 4 rings (SSSR count). The van der Waals surface area contributed by atoms with Crippen molar-refractivity contribution in [2.45, 2.75) is 25.2 Å². The van der Waals surface area contributed by atoms with Gasteiger partial charge in [0.1, 0.15) is 23.2 Å². The first-order valence-corrected chi connectivity index (χ1v) is 10.1. The number of ketones is 1. The second-order valence-corrected chi connectivity index (χ2v) is 8.02. The zero-order valence-electron chi connectivity index (χ0n) is 16.8. The van der Waals surface area contributed by atoms with Crippen molar-refractivity contribution in [2.24, 2.45) is 11.7 Å². The number of benzene rings is 2. The number of ether oxygens (including phenoxy) is 1. The minimum Gasteiger partial charge on any atom is -0.493 e. The van der Waals surface area contributed by atoms with Crippen LogP contribution < -0.4 is 10.5 Å². The van der Waals surface area contributed by atoms with Crippen molar-refractivity contribution in [3.63, 3.8) is 0 Å². The average Bonchev–Trinajstić information content (AvgIpc) is 3.28. The molecule has 0 bridgehead atoms. The zero-order chi connectivity index (χ0) is 22.1. The predicted octanol–water partition coefficient (Wildman–Crippen LogP) is 2.13. The molecule has 2 aromatic rings. The van der Waals surface area contributed by atoms with Gasteiger partial charge in [0, 0.05) is 37.8 Å². The lowest BCUT2D eigenvalue weighted by atomic mass is 9.83. The number of amides is 2. The third-order valence-corrected chi connectivity index (χ3v) is 5.85. The van der Waals surface area contributed by atoms with Crippen molar-refractivity contribution >= 4 is 17.6 Å². The fourth-order valence-corrected chi connectivity index (χ4v) is 4.39. The zero-order valence-corrected chi connectivity index (χ0v) is 16.8. The van der Waals surface area contributed by atoms with Crippen molar-refractivity contribution < 1.29 is 27.9 Å². The van der Waals surface area contributed by atoms with E-state index in [9.17, 15) is 23.2 Å². The highest BCUT2D eigenvalue weighted by Gasteiger charge is 2.43. The van der Waals surface area contributed by atoms with Crippen LogP contribution in [0, 0.1) is 17.6 Å². The molecule has 2 atom stereocenters. The SMILES string of the molecule is NC(=O)CN1C[C@@H](c2cc3c(cc2F)OCC3)[C@H](CC(=O)Cc2ccc(F)cc2)C1=O. The standard InChI is InChI=1S/C23H22F2N2O4/c24-15-3-1-13(2-4-15)7-16(28)9-18-19(11-27(23(18)30)12-22(26)29)17-8-14-5-6-31-21(14)10-20(17)25/h1-4,8,10,18-19H,5-7,9,11-12H2,(H2,26,29)/t18-,19-/m0/s1. The summed E-state index contributed by atoms with van der Waals surface area (Å²) in [6, 6.07) is 8.57. The molecule has 0 saturated carbocycles.